The van der Waals surface area contributed by atoms with E-state index < -0.39 is 5.97 Å². The Morgan fingerprint density at radius 2 is 1.76 bits per heavy atom. The van der Waals surface area contributed by atoms with E-state index in [2.05, 4.69) is 19.2 Å². The van der Waals surface area contributed by atoms with E-state index in [9.17, 15) is 9.59 Å². The average Bonchev–Trinajstić information content (AvgIpc) is 2.96. The van der Waals surface area contributed by atoms with Gasteiger partial charge in [-0.05, 0) is 64.2 Å². The first kappa shape index (κ1) is 23.2. The number of quaternary nitrogens is 1. The van der Waals surface area contributed by atoms with Gasteiger partial charge in [-0.2, -0.15) is 0 Å². The third-order valence-electron chi connectivity index (χ3n) is 6.23. The van der Waals surface area contributed by atoms with Gasteiger partial charge >= 0.3 is 5.97 Å². The highest BCUT2D eigenvalue weighted by Gasteiger charge is 2.40. The van der Waals surface area contributed by atoms with E-state index in [-0.39, 0.29) is 18.6 Å². The minimum Gasteiger partial charge on any atom is -0.497 e. The number of anilines is 1. The van der Waals surface area contributed by atoms with Crippen LogP contribution in [0.1, 0.15) is 68.8 Å². The highest BCUT2D eigenvalue weighted by atomic mass is 16.5. The minimum atomic E-state index is -0.452. The topological polar surface area (TPSA) is 64.6 Å². The fourth-order valence-electron chi connectivity index (χ4n) is 4.60. The van der Waals surface area contributed by atoms with Gasteiger partial charge in [-0.25, -0.2) is 4.79 Å². The number of nitrogens with one attached hydrogen (secondary N) is 1. The smallest absolute Gasteiger partial charge is 0.340 e. The van der Waals surface area contributed by atoms with Crippen molar-refractivity contribution >= 4 is 17.6 Å². The first-order valence-electron chi connectivity index (χ1n) is 10.9. The van der Waals surface area contributed by atoms with Crippen LogP contribution in [0.15, 0.2) is 12.1 Å². The lowest BCUT2D eigenvalue weighted by atomic mass is 10.0. The highest BCUT2D eigenvalue weighted by molar-refractivity contribution is 6.03. The van der Waals surface area contributed by atoms with Crippen molar-refractivity contribution in [1.82, 2.24) is 0 Å². The van der Waals surface area contributed by atoms with Crippen molar-refractivity contribution in [2.24, 2.45) is 0 Å². The van der Waals surface area contributed by atoms with Crippen molar-refractivity contribution in [1.29, 1.82) is 0 Å². The predicted octanol–water partition coefficient (Wildman–Crippen LogP) is 4.31. The summed E-state index contributed by atoms with van der Waals surface area (Å²) in [5.74, 6) is 0.0993. The maximum absolute atomic E-state index is 13.4. The maximum atomic E-state index is 13.4. The van der Waals surface area contributed by atoms with Crippen LogP contribution in [0.25, 0.3) is 0 Å². The normalized spacial score (nSPS) is 17.1. The fraction of sp³-hybridized carbons (Fsp3) is 0.652. The fourth-order valence-corrected chi connectivity index (χ4v) is 4.60. The second-order valence-electron chi connectivity index (χ2n) is 7.90. The second-order valence-corrected chi connectivity index (χ2v) is 7.90. The van der Waals surface area contributed by atoms with Crippen LogP contribution in [0.5, 0.6) is 5.75 Å². The molecule has 1 aliphatic heterocycles. The molecule has 0 radical (unpaired) electrons. The summed E-state index contributed by atoms with van der Waals surface area (Å²) in [6.07, 6.45) is 5.56. The van der Waals surface area contributed by atoms with Crippen molar-refractivity contribution in [2.75, 3.05) is 38.7 Å². The van der Waals surface area contributed by atoms with Gasteiger partial charge < -0.3 is 19.3 Å². The van der Waals surface area contributed by atoms with Crippen molar-refractivity contribution in [3.8, 4) is 5.75 Å². The zero-order chi connectivity index (χ0) is 21.4. The molecule has 1 N–H and O–H groups in total. The van der Waals surface area contributed by atoms with E-state index >= 15 is 0 Å². The third kappa shape index (κ3) is 5.30. The van der Waals surface area contributed by atoms with Crippen LogP contribution in [0.4, 0.5) is 5.69 Å². The number of amides is 1. The van der Waals surface area contributed by atoms with Crippen LogP contribution >= 0.6 is 0 Å². The van der Waals surface area contributed by atoms with Crippen LogP contribution in [0.2, 0.25) is 0 Å². The second kappa shape index (κ2) is 10.6. The number of hydrogen-bond acceptors (Lipinski definition) is 4. The Morgan fingerprint density at radius 3 is 2.28 bits per heavy atom. The largest absolute Gasteiger partial charge is 0.497 e. The van der Waals surface area contributed by atoms with E-state index in [0.717, 1.165) is 48.9 Å². The van der Waals surface area contributed by atoms with E-state index in [4.69, 9.17) is 9.47 Å². The summed E-state index contributed by atoms with van der Waals surface area (Å²) in [6.45, 7) is 11.2. The van der Waals surface area contributed by atoms with Crippen molar-refractivity contribution in [3.63, 3.8) is 0 Å². The summed E-state index contributed by atoms with van der Waals surface area (Å²) >= 11 is 0. The van der Waals surface area contributed by atoms with Crippen LogP contribution in [-0.2, 0) is 9.53 Å². The van der Waals surface area contributed by atoms with Gasteiger partial charge in [-0.15, -0.1) is 0 Å². The summed E-state index contributed by atoms with van der Waals surface area (Å²) in [5.41, 5.74) is 1.65. The molecule has 0 aliphatic carbocycles. The van der Waals surface area contributed by atoms with Gasteiger partial charge in [0.15, 0.2) is 6.04 Å². The average molecular weight is 406 g/mol. The number of carbonyl (C=O) groups is 2. The number of likely N-dealkylation sites (N-methyl/N-ethyl adjacent to an activating group) is 1. The van der Waals surface area contributed by atoms with Crippen LogP contribution in [-0.4, -0.2) is 55.8 Å². The SMILES string of the molecule is CCOC(=O)c1cc(OC)cc(C)c1NC(=O)C(CC)[N+]1(CC)CCCCCC1. The molecule has 1 amide bonds. The number of ether oxygens (including phenoxy) is 2. The number of rotatable bonds is 8. The summed E-state index contributed by atoms with van der Waals surface area (Å²) in [5, 5.41) is 3.09. The molecule has 0 spiro atoms. The predicted molar refractivity (Wildman–Crippen MR) is 115 cm³/mol. The first-order chi connectivity index (χ1) is 13.9. The van der Waals surface area contributed by atoms with Gasteiger partial charge in [-0.3, -0.25) is 4.79 Å². The molecule has 29 heavy (non-hydrogen) atoms. The molecule has 0 aromatic heterocycles. The van der Waals surface area contributed by atoms with Crippen molar-refractivity contribution in [2.45, 2.75) is 65.8 Å². The molecule has 1 fully saturated rings. The van der Waals surface area contributed by atoms with Crippen molar-refractivity contribution in [3.05, 3.63) is 23.3 Å². The molecular formula is C23H37N2O4+. The third-order valence-corrected chi connectivity index (χ3v) is 6.23. The molecule has 6 nitrogen and oxygen atoms in total. The number of hydrogen-bond donors (Lipinski definition) is 1. The minimum absolute atomic E-state index is 0.0185. The number of aryl methyl sites for hydroxylation is 1. The van der Waals surface area contributed by atoms with Crippen molar-refractivity contribution < 1.29 is 23.5 Å². The Kier molecular flexibility index (Phi) is 8.50. The maximum Gasteiger partial charge on any atom is 0.340 e. The molecule has 1 aliphatic rings. The summed E-state index contributed by atoms with van der Waals surface area (Å²) < 4.78 is 11.4. The molecule has 0 bridgehead atoms. The van der Waals surface area contributed by atoms with E-state index in [1.54, 1.807) is 20.1 Å². The number of methoxy groups -OCH3 is 1. The molecule has 6 heteroatoms. The molecule has 1 aromatic rings. The summed E-state index contributed by atoms with van der Waals surface area (Å²) in [6, 6.07) is 3.34. The Morgan fingerprint density at radius 1 is 1.10 bits per heavy atom. The molecule has 1 unspecified atom stereocenters. The molecule has 162 valence electrons. The number of carbonyl (C=O) groups excluding carboxylic acids is 2. The zero-order valence-electron chi connectivity index (χ0n) is 18.7. The Hall–Kier alpha value is -2.08. The Balaban J connectivity index is 2.37. The lowest BCUT2D eigenvalue weighted by molar-refractivity contribution is -0.940. The molecule has 1 heterocycles. The number of likely N-dealkylation sites (tertiary alicyclic amines) is 1. The molecule has 0 saturated carbocycles. The Bertz CT molecular complexity index is 709. The summed E-state index contributed by atoms with van der Waals surface area (Å²) in [4.78, 5) is 26.0. The molecule has 1 saturated heterocycles. The lowest BCUT2D eigenvalue weighted by Gasteiger charge is -2.42. The molecular weight excluding hydrogens is 368 g/mol. The first-order valence-corrected chi connectivity index (χ1v) is 10.9. The monoisotopic (exact) mass is 405 g/mol. The number of esters is 1. The van der Waals surface area contributed by atoms with Crippen LogP contribution in [0, 0.1) is 6.92 Å². The zero-order valence-corrected chi connectivity index (χ0v) is 18.7. The quantitative estimate of drug-likeness (QED) is 0.517. The van der Waals surface area contributed by atoms with Crippen LogP contribution in [0.3, 0.4) is 0 Å². The molecule has 1 atom stereocenters. The number of nitrogens with zero attached hydrogens (tertiary/aromatic N) is 1. The van der Waals surface area contributed by atoms with E-state index in [1.807, 2.05) is 13.0 Å². The summed E-state index contributed by atoms with van der Waals surface area (Å²) in [7, 11) is 1.56. The standard InChI is InChI=1S/C23H36N2O4/c1-6-20(25(7-2)13-11-9-10-12-14-25)22(26)24-21-17(4)15-18(28-5)16-19(21)23(27)29-8-3/h15-16,20H,6-14H2,1-5H3/p+1. The van der Waals surface area contributed by atoms with Gasteiger partial charge in [0.2, 0.25) is 0 Å². The molecule has 1 aromatic carbocycles. The highest BCUT2D eigenvalue weighted by Crippen LogP contribution is 2.30. The molecule has 2 rings (SSSR count). The van der Waals surface area contributed by atoms with Gasteiger partial charge in [0.05, 0.1) is 44.6 Å². The number of benzene rings is 1. The Labute approximate surface area is 175 Å². The van der Waals surface area contributed by atoms with E-state index in [0.29, 0.717) is 17.0 Å². The van der Waals surface area contributed by atoms with Gasteiger partial charge in [0, 0.05) is 6.42 Å². The van der Waals surface area contributed by atoms with Gasteiger partial charge in [0.25, 0.3) is 5.91 Å². The van der Waals surface area contributed by atoms with Crippen LogP contribution < -0.4 is 10.1 Å². The lowest BCUT2D eigenvalue weighted by Crippen LogP contribution is -2.60. The van der Waals surface area contributed by atoms with E-state index in [1.165, 1.54) is 12.8 Å². The van der Waals surface area contributed by atoms with Gasteiger partial charge in [-0.1, -0.05) is 6.92 Å². The van der Waals surface area contributed by atoms with Gasteiger partial charge in [0.1, 0.15) is 5.75 Å².